The molecule has 0 aliphatic heterocycles. The van der Waals surface area contributed by atoms with Crippen molar-refractivity contribution in [2.45, 2.75) is 15.6 Å². The summed E-state index contributed by atoms with van der Waals surface area (Å²) in [5, 5.41) is 0. The van der Waals surface area contributed by atoms with Crippen molar-refractivity contribution in [1.29, 1.82) is 0 Å². The lowest BCUT2D eigenvalue weighted by atomic mass is 10.4. The molecular formula is C5H5Cl3O2. The van der Waals surface area contributed by atoms with Gasteiger partial charge in [0.15, 0.2) is 9.21 Å². The Hall–Kier alpha value is 0.340. The summed E-state index contributed by atoms with van der Waals surface area (Å²) in [6.07, 6.45) is 0.247. The Balaban J connectivity index is 2.68. The highest BCUT2D eigenvalue weighted by Crippen LogP contribution is 2.61. The third-order valence-corrected chi connectivity index (χ3v) is 3.15. The second-order valence-corrected chi connectivity index (χ2v) is 4.30. The summed E-state index contributed by atoms with van der Waals surface area (Å²) in [4.78, 5) is 9.58. The molecule has 0 bridgehead atoms. The maximum Gasteiger partial charge on any atom is 0.330 e. The van der Waals surface area contributed by atoms with Crippen LogP contribution in [0, 0.1) is 0 Å². The quantitative estimate of drug-likeness (QED) is 0.479. The van der Waals surface area contributed by atoms with Crippen LogP contribution in [0.3, 0.4) is 0 Å². The number of rotatable bonds is 1. The molecular weight excluding hydrogens is 198 g/mol. The number of esters is 1. The van der Waals surface area contributed by atoms with Crippen molar-refractivity contribution < 1.29 is 9.53 Å². The minimum atomic E-state index is -1.20. The maximum atomic E-state index is 10.8. The molecule has 1 unspecified atom stereocenters. The van der Waals surface area contributed by atoms with Gasteiger partial charge in [0.2, 0.25) is 0 Å². The molecule has 1 atom stereocenters. The summed E-state index contributed by atoms with van der Waals surface area (Å²) in [7, 11) is 1.24. The zero-order valence-electron chi connectivity index (χ0n) is 5.16. The highest BCUT2D eigenvalue weighted by molar-refractivity contribution is 6.61. The number of alkyl halides is 3. The monoisotopic (exact) mass is 202 g/mol. The molecule has 5 heteroatoms. The van der Waals surface area contributed by atoms with Crippen LogP contribution in [-0.2, 0) is 9.53 Å². The number of hydrogen-bond acceptors (Lipinski definition) is 2. The molecule has 0 heterocycles. The van der Waals surface area contributed by atoms with Crippen molar-refractivity contribution in [1.82, 2.24) is 0 Å². The second kappa shape index (κ2) is 2.16. The second-order valence-electron chi connectivity index (χ2n) is 2.17. The van der Waals surface area contributed by atoms with Crippen LogP contribution in [0.15, 0.2) is 0 Å². The number of methoxy groups -OCH3 is 1. The zero-order valence-corrected chi connectivity index (χ0v) is 7.43. The molecule has 2 nitrogen and oxygen atoms in total. The van der Waals surface area contributed by atoms with Crippen LogP contribution >= 0.6 is 34.8 Å². The molecule has 58 valence electrons. The predicted molar refractivity (Wildman–Crippen MR) is 39.7 cm³/mol. The van der Waals surface area contributed by atoms with E-state index in [0.29, 0.717) is 0 Å². The van der Waals surface area contributed by atoms with Crippen LogP contribution in [0.2, 0.25) is 0 Å². The Bertz CT molecular complexity index is 180. The first-order valence-electron chi connectivity index (χ1n) is 2.59. The molecule has 10 heavy (non-hydrogen) atoms. The fraction of sp³-hybridized carbons (Fsp3) is 0.800. The van der Waals surface area contributed by atoms with Gasteiger partial charge in [0.1, 0.15) is 0 Å². The molecule has 0 amide bonds. The van der Waals surface area contributed by atoms with Gasteiger partial charge in [0, 0.05) is 6.42 Å². The van der Waals surface area contributed by atoms with Crippen LogP contribution in [0.4, 0.5) is 0 Å². The molecule has 1 fully saturated rings. The maximum absolute atomic E-state index is 10.8. The molecule has 1 aliphatic rings. The Morgan fingerprint density at radius 1 is 1.50 bits per heavy atom. The van der Waals surface area contributed by atoms with E-state index < -0.39 is 15.2 Å². The van der Waals surface area contributed by atoms with Gasteiger partial charge in [-0.25, -0.2) is 0 Å². The first-order valence-corrected chi connectivity index (χ1v) is 3.72. The summed E-state index contributed by atoms with van der Waals surface area (Å²) in [5.41, 5.74) is 0. The Morgan fingerprint density at radius 3 is 2.00 bits per heavy atom. The number of halogens is 3. The Morgan fingerprint density at radius 2 is 1.90 bits per heavy atom. The smallest absolute Gasteiger partial charge is 0.330 e. The van der Waals surface area contributed by atoms with Gasteiger partial charge in [-0.3, -0.25) is 4.79 Å². The lowest BCUT2D eigenvalue weighted by Gasteiger charge is -2.05. The van der Waals surface area contributed by atoms with Gasteiger partial charge in [-0.2, -0.15) is 0 Å². The van der Waals surface area contributed by atoms with E-state index in [1.54, 1.807) is 0 Å². The molecule has 1 saturated carbocycles. The Kier molecular flexibility index (Phi) is 1.82. The van der Waals surface area contributed by atoms with Gasteiger partial charge in [-0.1, -0.05) is 23.2 Å². The van der Waals surface area contributed by atoms with Crippen molar-refractivity contribution >= 4 is 40.8 Å². The van der Waals surface area contributed by atoms with Crippen molar-refractivity contribution in [2.75, 3.05) is 7.11 Å². The molecule has 0 aromatic carbocycles. The van der Waals surface area contributed by atoms with Crippen molar-refractivity contribution in [3.63, 3.8) is 0 Å². The molecule has 1 aliphatic carbocycles. The molecule has 0 aromatic heterocycles. The van der Waals surface area contributed by atoms with Crippen molar-refractivity contribution in [3.05, 3.63) is 0 Å². The molecule has 1 rings (SSSR count). The van der Waals surface area contributed by atoms with E-state index in [9.17, 15) is 4.79 Å². The van der Waals surface area contributed by atoms with Crippen LogP contribution in [-0.4, -0.2) is 22.3 Å². The summed E-state index contributed by atoms with van der Waals surface area (Å²) in [6, 6.07) is 0. The predicted octanol–water partition coefficient (Wildman–Crippen LogP) is 1.71. The van der Waals surface area contributed by atoms with E-state index in [1.807, 2.05) is 0 Å². The van der Waals surface area contributed by atoms with Gasteiger partial charge in [-0.05, 0) is 0 Å². The lowest BCUT2D eigenvalue weighted by Crippen LogP contribution is -2.23. The number of carbonyl (C=O) groups excluding carboxylic acids is 1. The normalized spacial score (nSPS) is 35.2. The van der Waals surface area contributed by atoms with E-state index >= 15 is 0 Å². The van der Waals surface area contributed by atoms with Gasteiger partial charge in [0.25, 0.3) is 0 Å². The number of hydrogen-bond donors (Lipinski definition) is 0. The average Bonchev–Trinajstić information content (AvgIpc) is 2.32. The van der Waals surface area contributed by atoms with Crippen LogP contribution in [0.5, 0.6) is 0 Å². The van der Waals surface area contributed by atoms with Crippen molar-refractivity contribution in [3.8, 4) is 0 Å². The van der Waals surface area contributed by atoms with Crippen LogP contribution < -0.4 is 0 Å². The molecule has 0 saturated heterocycles. The SMILES string of the molecule is COC(=O)C1(Cl)CC1(Cl)Cl. The third-order valence-electron chi connectivity index (χ3n) is 1.43. The third kappa shape index (κ3) is 0.987. The fourth-order valence-corrected chi connectivity index (χ4v) is 1.61. The number of carbonyl (C=O) groups is 1. The minimum Gasteiger partial charge on any atom is -0.468 e. The van der Waals surface area contributed by atoms with E-state index in [0.717, 1.165) is 0 Å². The largest absolute Gasteiger partial charge is 0.468 e. The van der Waals surface area contributed by atoms with Gasteiger partial charge >= 0.3 is 5.97 Å². The Labute approximate surface area is 73.4 Å². The van der Waals surface area contributed by atoms with Crippen LogP contribution in [0.25, 0.3) is 0 Å². The fourth-order valence-electron chi connectivity index (χ4n) is 0.645. The molecule has 0 radical (unpaired) electrons. The van der Waals surface area contributed by atoms with E-state index in [1.165, 1.54) is 7.11 Å². The molecule has 0 aromatic rings. The summed E-state index contributed by atoms with van der Waals surface area (Å²) < 4.78 is 3.24. The molecule has 0 spiro atoms. The minimum absolute atomic E-state index is 0.247. The van der Waals surface area contributed by atoms with Gasteiger partial charge in [-0.15, -0.1) is 11.6 Å². The topological polar surface area (TPSA) is 26.3 Å². The van der Waals surface area contributed by atoms with Crippen molar-refractivity contribution in [2.24, 2.45) is 0 Å². The highest BCUT2D eigenvalue weighted by atomic mass is 35.5. The van der Waals surface area contributed by atoms with Gasteiger partial charge in [0.05, 0.1) is 7.11 Å². The number of ether oxygens (including phenoxy) is 1. The van der Waals surface area contributed by atoms with E-state index in [4.69, 9.17) is 34.8 Å². The zero-order chi connectivity index (χ0) is 7.99. The summed E-state index contributed by atoms with van der Waals surface area (Å²) in [5.74, 6) is -0.570. The van der Waals surface area contributed by atoms with Gasteiger partial charge < -0.3 is 4.74 Å². The van der Waals surface area contributed by atoms with E-state index in [-0.39, 0.29) is 6.42 Å². The van der Waals surface area contributed by atoms with E-state index in [2.05, 4.69) is 4.74 Å². The highest BCUT2D eigenvalue weighted by Gasteiger charge is 2.72. The average molecular weight is 203 g/mol. The summed E-state index contributed by atoms with van der Waals surface area (Å²) >= 11 is 16.8. The summed E-state index contributed by atoms with van der Waals surface area (Å²) in [6.45, 7) is 0. The van der Waals surface area contributed by atoms with Crippen LogP contribution in [0.1, 0.15) is 6.42 Å². The molecule has 0 N–H and O–H groups in total. The standard InChI is InChI=1S/C5H5Cl3O2/c1-10-3(9)4(6)2-5(4,7)8/h2H2,1H3. The lowest BCUT2D eigenvalue weighted by molar-refractivity contribution is -0.141. The first-order chi connectivity index (χ1) is 4.44. The first kappa shape index (κ1) is 8.44.